The van der Waals surface area contributed by atoms with Crippen LogP contribution in [0, 0.1) is 41.5 Å². The SMILES string of the molecule is Cc1cnc(/C=C/c2c(C)c(O)c(C)c(Cc3cnc(/C=C/c4c(C)c(O)c(C)c(C)c4O)[nH]3)c2O)s1. The van der Waals surface area contributed by atoms with E-state index in [2.05, 4.69) is 15.0 Å². The summed E-state index contributed by atoms with van der Waals surface area (Å²) in [5, 5.41) is 43.6. The first-order valence-corrected chi connectivity index (χ1v) is 12.7. The van der Waals surface area contributed by atoms with E-state index >= 15 is 0 Å². The third kappa shape index (κ3) is 4.97. The molecule has 4 rings (SSSR count). The van der Waals surface area contributed by atoms with Gasteiger partial charge < -0.3 is 25.4 Å². The van der Waals surface area contributed by atoms with Gasteiger partial charge in [0.25, 0.3) is 0 Å². The summed E-state index contributed by atoms with van der Waals surface area (Å²) >= 11 is 1.55. The Bertz CT molecular complexity index is 1530. The fraction of sp³-hybridized carbons (Fsp3) is 0.241. The van der Waals surface area contributed by atoms with Gasteiger partial charge in [-0.15, -0.1) is 11.3 Å². The molecule has 0 saturated carbocycles. The number of aryl methyl sites for hydroxylation is 1. The van der Waals surface area contributed by atoms with Crippen LogP contribution in [0.4, 0.5) is 0 Å². The molecule has 0 atom stereocenters. The van der Waals surface area contributed by atoms with Crippen LogP contribution in [0.5, 0.6) is 23.0 Å². The van der Waals surface area contributed by atoms with Crippen molar-refractivity contribution < 1.29 is 20.4 Å². The largest absolute Gasteiger partial charge is 0.507 e. The highest BCUT2D eigenvalue weighted by molar-refractivity contribution is 7.12. The molecule has 0 fully saturated rings. The summed E-state index contributed by atoms with van der Waals surface area (Å²) < 4.78 is 0. The molecular formula is C29H31N3O4S. The molecule has 0 unspecified atom stereocenters. The van der Waals surface area contributed by atoms with Gasteiger partial charge in [-0.1, -0.05) is 0 Å². The van der Waals surface area contributed by atoms with Crippen LogP contribution >= 0.6 is 11.3 Å². The first-order chi connectivity index (χ1) is 17.5. The molecule has 2 aromatic carbocycles. The second-order valence-corrected chi connectivity index (χ2v) is 10.5. The first-order valence-electron chi connectivity index (χ1n) is 11.9. The number of aromatic nitrogens is 3. The van der Waals surface area contributed by atoms with Gasteiger partial charge in [0.2, 0.25) is 0 Å². The molecule has 2 heterocycles. The minimum atomic E-state index is 0.107. The lowest BCUT2D eigenvalue weighted by molar-refractivity contribution is 0.447. The molecule has 0 aliphatic rings. The van der Waals surface area contributed by atoms with Gasteiger partial charge in [0, 0.05) is 57.2 Å². The van der Waals surface area contributed by atoms with Crippen LogP contribution in [0.25, 0.3) is 24.3 Å². The summed E-state index contributed by atoms with van der Waals surface area (Å²) in [5.74, 6) is 1.09. The van der Waals surface area contributed by atoms with Crippen molar-refractivity contribution in [2.45, 2.75) is 48.0 Å². The van der Waals surface area contributed by atoms with E-state index in [1.807, 2.05) is 13.0 Å². The summed E-state index contributed by atoms with van der Waals surface area (Å²) in [5.41, 5.74) is 5.50. The number of H-pyrrole nitrogens is 1. The maximum absolute atomic E-state index is 11.1. The summed E-state index contributed by atoms with van der Waals surface area (Å²) in [6.45, 7) is 10.8. The number of aromatic hydroxyl groups is 4. The van der Waals surface area contributed by atoms with E-state index in [1.54, 1.807) is 76.6 Å². The molecule has 192 valence electrons. The summed E-state index contributed by atoms with van der Waals surface area (Å²) in [4.78, 5) is 13.0. The van der Waals surface area contributed by atoms with Gasteiger partial charge in [-0.3, -0.25) is 0 Å². The van der Waals surface area contributed by atoms with E-state index in [-0.39, 0.29) is 23.0 Å². The van der Waals surface area contributed by atoms with Crippen molar-refractivity contribution in [3.05, 3.63) is 78.3 Å². The number of nitrogens with zero attached hydrogens (tertiary/aromatic N) is 2. The highest BCUT2D eigenvalue weighted by Crippen LogP contribution is 2.39. The fourth-order valence-electron chi connectivity index (χ4n) is 4.34. The molecule has 0 bridgehead atoms. The lowest BCUT2D eigenvalue weighted by Gasteiger charge is -2.16. The number of nitrogens with one attached hydrogen (secondary N) is 1. The van der Waals surface area contributed by atoms with E-state index < -0.39 is 0 Å². The standard InChI is InChI=1S/C29H31N3O4S/c1-14-12-31-25(37-14)10-8-22-18(5)27(34)19(6)23(29(22)36)11-20-13-30-24(32-20)9-7-21-17(4)26(33)15(2)16(3)28(21)35/h7-10,12-13,33-36H,11H2,1-6H3,(H,30,32)/b9-7+,10-8+. The van der Waals surface area contributed by atoms with Crippen molar-refractivity contribution in [2.24, 2.45) is 0 Å². The quantitative estimate of drug-likeness (QED) is 0.187. The Morgan fingerprint density at radius 2 is 1.27 bits per heavy atom. The van der Waals surface area contributed by atoms with Crippen LogP contribution in [-0.2, 0) is 6.42 Å². The Morgan fingerprint density at radius 1 is 0.676 bits per heavy atom. The third-order valence-electron chi connectivity index (χ3n) is 6.85. The Kier molecular flexibility index (Phi) is 7.14. The molecule has 0 spiro atoms. The van der Waals surface area contributed by atoms with Crippen molar-refractivity contribution in [1.82, 2.24) is 15.0 Å². The van der Waals surface area contributed by atoms with Gasteiger partial charge in [-0.2, -0.15) is 0 Å². The average Bonchev–Trinajstić information content (AvgIpc) is 3.51. The minimum absolute atomic E-state index is 0.107. The molecule has 0 aliphatic carbocycles. The van der Waals surface area contributed by atoms with E-state index in [9.17, 15) is 20.4 Å². The molecule has 2 aromatic heterocycles. The lowest BCUT2D eigenvalue weighted by Crippen LogP contribution is -1.98. The first kappa shape index (κ1) is 26.0. The zero-order chi connectivity index (χ0) is 27.0. The number of rotatable bonds is 6. The van der Waals surface area contributed by atoms with E-state index in [1.165, 1.54) is 0 Å². The Labute approximate surface area is 220 Å². The van der Waals surface area contributed by atoms with Crippen LogP contribution < -0.4 is 0 Å². The molecule has 0 amide bonds. The Balaban J connectivity index is 1.63. The number of phenolic OH excluding ortho intramolecular Hbond substituents is 4. The molecular weight excluding hydrogens is 486 g/mol. The maximum Gasteiger partial charge on any atom is 0.130 e. The highest BCUT2D eigenvalue weighted by Gasteiger charge is 2.19. The fourth-order valence-corrected chi connectivity index (χ4v) is 5.02. The monoisotopic (exact) mass is 517 g/mol. The molecule has 0 radical (unpaired) electrons. The number of aromatic amines is 1. The normalized spacial score (nSPS) is 11.8. The van der Waals surface area contributed by atoms with Crippen molar-refractivity contribution >= 4 is 35.6 Å². The van der Waals surface area contributed by atoms with Crippen molar-refractivity contribution in [3.63, 3.8) is 0 Å². The van der Waals surface area contributed by atoms with Crippen molar-refractivity contribution in [3.8, 4) is 23.0 Å². The van der Waals surface area contributed by atoms with Crippen LogP contribution in [0.15, 0.2) is 12.4 Å². The van der Waals surface area contributed by atoms with Gasteiger partial charge >= 0.3 is 0 Å². The topological polar surface area (TPSA) is 122 Å². The summed E-state index contributed by atoms with van der Waals surface area (Å²) in [6, 6.07) is 0. The van der Waals surface area contributed by atoms with Gasteiger partial charge in [-0.25, -0.2) is 9.97 Å². The molecule has 0 aliphatic heterocycles. The minimum Gasteiger partial charge on any atom is -0.507 e. The van der Waals surface area contributed by atoms with E-state index in [0.717, 1.165) is 15.6 Å². The summed E-state index contributed by atoms with van der Waals surface area (Å²) in [6.07, 6.45) is 10.9. The number of thiazole rings is 1. The Morgan fingerprint density at radius 3 is 1.92 bits per heavy atom. The molecule has 37 heavy (non-hydrogen) atoms. The second-order valence-electron chi connectivity index (χ2n) is 9.27. The van der Waals surface area contributed by atoms with Crippen molar-refractivity contribution in [1.29, 1.82) is 0 Å². The Hall–Kier alpha value is -4.04. The second kappa shape index (κ2) is 10.1. The van der Waals surface area contributed by atoms with Gasteiger partial charge in [-0.05, 0) is 82.5 Å². The smallest absolute Gasteiger partial charge is 0.130 e. The number of hydrogen-bond donors (Lipinski definition) is 5. The predicted molar refractivity (Wildman–Crippen MR) is 149 cm³/mol. The number of imidazole rings is 1. The summed E-state index contributed by atoms with van der Waals surface area (Å²) in [7, 11) is 0. The third-order valence-corrected chi connectivity index (χ3v) is 7.73. The van der Waals surface area contributed by atoms with Crippen LogP contribution in [0.2, 0.25) is 0 Å². The van der Waals surface area contributed by atoms with Gasteiger partial charge in [0.1, 0.15) is 33.8 Å². The number of hydrogen-bond acceptors (Lipinski definition) is 7. The molecule has 5 N–H and O–H groups in total. The zero-order valence-corrected chi connectivity index (χ0v) is 22.6. The molecule has 7 nitrogen and oxygen atoms in total. The van der Waals surface area contributed by atoms with Gasteiger partial charge in [0.15, 0.2) is 0 Å². The number of benzene rings is 2. The van der Waals surface area contributed by atoms with E-state index in [4.69, 9.17) is 0 Å². The van der Waals surface area contributed by atoms with Crippen LogP contribution in [0.1, 0.15) is 65.9 Å². The van der Waals surface area contributed by atoms with Crippen molar-refractivity contribution in [2.75, 3.05) is 0 Å². The predicted octanol–water partition coefficient (Wildman–Crippen LogP) is 6.47. The lowest BCUT2D eigenvalue weighted by atomic mass is 9.94. The molecule has 4 aromatic rings. The van der Waals surface area contributed by atoms with Gasteiger partial charge in [0.05, 0.1) is 0 Å². The zero-order valence-electron chi connectivity index (χ0n) is 21.8. The maximum atomic E-state index is 11.1. The average molecular weight is 518 g/mol. The number of phenols is 4. The molecule has 8 heteroatoms. The van der Waals surface area contributed by atoms with Crippen LogP contribution in [0.3, 0.4) is 0 Å². The van der Waals surface area contributed by atoms with E-state index in [0.29, 0.717) is 56.8 Å². The van der Waals surface area contributed by atoms with Crippen LogP contribution in [-0.4, -0.2) is 35.4 Å². The molecule has 0 saturated heterocycles. The highest BCUT2D eigenvalue weighted by atomic mass is 32.1.